The van der Waals surface area contributed by atoms with Crippen molar-refractivity contribution < 1.29 is 14.3 Å². The van der Waals surface area contributed by atoms with Gasteiger partial charge in [-0.05, 0) is 26.0 Å². The lowest BCUT2D eigenvalue weighted by Gasteiger charge is -2.02. The Hall–Kier alpha value is -1.36. The Kier molecular flexibility index (Phi) is 4.30. The van der Waals surface area contributed by atoms with Gasteiger partial charge in [0.05, 0.1) is 0 Å². The summed E-state index contributed by atoms with van der Waals surface area (Å²) in [4.78, 5) is 23.9. The third kappa shape index (κ3) is 3.71. The first kappa shape index (κ1) is 11.7. The van der Waals surface area contributed by atoms with Gasteiger partial charge in [-0.1, -0.05) is 0 Å². The van der Waals surface area contributed by atoms with Gasteiger partial charge in [0.2, 0.25) is 0 Å². The van der Waals surface area contributed by atoms with Crippen LogP contribution in [0.2, 0.25) is 0 Å². The van der Waals surface area contributed by atoms with E-state index in [-0.39, 0.29) is 12.5 Å². The monoisotopic (exact) mass is 227 g/mol. The maximum atomic E-state index is 11.4. The molecule has 0 atom stereocenters. The number of aryl methyl sites for hydroxylation is 1. The van der Waals surface area contributed by atoms with Crippen molar-refractivity contribution in [3.63, 3.8) is 0 Å². The third-order valence-corrected chi connectivity index (χ3v) is 2.63. The Bertz CT molecular complexity index is 359. The standard InChI is InChI=1S/C10H13NO3S/c1-3-11-9(12)6-14-10(13)8-5-4-7(2)15-8/h4-5H,3,6H2,1-2H3,(H,11,12). The van der Waals surface area contributed by atoms with Gasteiger partial charge < -0.3 is 10.1 Å². The van der Waals surface area contributed by atoms with Gasteiger partial charge in [-0.15, -0.1) is 11.3 Å². The number of nitrogens with one attached hydrogen (secondary N) is 1. The second-order valence-corrected chi connectivity index (χ2v) is 4.23. The molecule has 0 aliphatic rings. The Morgan fingerprint density at radius 1 is 1.47 bits per heavy atom. The van der Waals surface area contributed by atoms with E-state index in [1.807, 2.05) is 19.9 Å². The van der Waals surface area contributed by atoms with Crippen LogP contribution in [0, 0.1) is 6.92 Å². The van der Waals surface area contributed by atoms with Crippen LogP contribution < -0.4 is 5.32 Å². The first-order valence-corrected chi connectivity index (χ1v) is 5.45. The molecule has 0 aromatic carbocycles. The molecule has 82 valence electrons. The van der Waals surface area contributed by atoms with Gasteiger partial charge in [-0.25, -0.2) is 4.79 Å². The van der Waals surface area contributed by atoms with E-state index in [0.717, 1.165) is 4.88 Å². The second-order valence-electron chi connectivity index (χ2n) is 2.94. The Labute approximate surface area is 92.2 Å². The molecule has 0 saturated heterocycles. The molecular formula is C10H13NO3S. The van der Waals surface area contributed by atoms with Crippen LogP contribution in [0.15, 0.2) is 12.1 Å². The number of hydrogen-bond donors (Lipinski definition) is 1. The molecule has 0 bridgehead atoms. The number of esters is 1. The van der Waals surface area contributed by atoms with Crippen LogP contribution in [0.25, 0.3) is 0 Å². The fourth-order valence-corrected chi connectivity index (χ4v) is 1.76. The highest BCUT2D eigenvalue weighted by atomic mass is 32.1. The second kappa shape index (κ2) is 5.50. The first-order valence-electron chi connectivity index (χ1n) is 4.63. The van der Waals surface area contributed by atoms with Crippen molar-refractivity contribution in [3.05, 3.63) is 21.9 Å². The van der Waals surface area contributed by atoms with Crippen molar-refractivity contribution in [2.75, 3.05) is 13.2 Å². The van der Waals surface area contributed by atoms with Gasteiger partial charge in [0.15, 0.2) is 6.61 Å². The van der Waals surface area contributed by atoms with Crippen LogP contribution in [0.3, 0.4) is 0 Å². The van der Waals surface area contributed by atoms with Crippen molar-refractivity contribution in [1.82, 2.24) is 5.32 Å². The molecular weight excluding hydrogens is 214 g/mol. The largest absolute Gasteiger partial charge is 0.451 e. The van der Waals surface area contributed by atoms with E-state index in [4.69, 9.17) is 4.74 Å². The fraction of sp³-hybridized carbons (Fsp3) is 0.400. The highest BCUT2D eigenvalue weighted by molar-refractivity contribution is 7.13. The molecule has 0 aliphatic heterocycles. The van der Waals surface area contributed by atoms with Crippen LogP contribution in [0.5, 0.6) is 0 Å². The molecule has 0 unspecified atom stereocenters. The smallest absolute Gasteiger partial charge is 0.348 e. The van der Waals surface area contributed by atoms with E-state index in [0.29, 0.717) is 11.4 Å². The van der Waals surface area contributed by atoms with E-state index >= 15 is 0 Å². The minimum absolute atomic E-state index is 0.219. The number of likely N-dealkylation sites (N-methyl/N-ethyl adjacent to an activating group) is 1. The zero-order valence-corrected chi connectivity index (χ0v) is 9.52. The summed E-state index contributed by atoms with van der Waals surface area (Å²) in [5, 5.41) is 2.54. The summed E-state index contributed by atoms with van der Waals surface area (Å²) in [5.41, 5.74) is 0. The normalized spacial score (nSPS) is 9.73. The number of hydrogen-bond acceptors (Lipinski definition) is 4. The topological polar surface area (TPSA) is 55.4 Å². The lowest BCUT2D eigenvalue weighted by molar-refractivity contribution is -0.124. The molecule has 1 N–H and O–H groups in total. The zero-order valence-electron chi connectivity index (χ0n) is 8.70. The van der Waals surface area contributed by atoms with Crippen LogP contribution >= 0.6 is 11.3 Å². The Balaban J connectivity index is 2.40. The van der Waals surface area contributed by atoms with Crippen molar-refractivity contribution in [1.29, 1.82) is 0 Å². The summed E-state index contributed by atoms with van der Waals surface area (Å²) in [5.74, 6) is -0.724. The van der Waals surface area contributed by atoms with E-state index < -0.39 is 5.97 Å². The predicted octanol–water partition coefficient (Wildman–Crippen LogP) is 1.35. The van der Waals surface area contributed by atoms with Crippen LogP contribution in [0.4, 0.5) is 0 Å². The quantitative estimate of drug-likeness (QED) is 0.790. The average molecular weight is 227 g/mol. The van der Waals surface area contributed by atoms with Crippen molar-refractivity contribution in [2.45, 2.75) is 13.8 Å². The van der Waals surface area contributed by atoms with Crippen LogP contribution in [-0.2, 0) is 9.53 Å². The van der Waals surface area contributed by atoms with E-state index in [1.54, 1.807) is 6.07 Å². The van der Waals surface area contributed by atoms with Gasteiger partial charge >= 0.3 is 5.97 Å². The molecule has 1 amide bonds. The fourth-order valence-electron chi connectivity index (χ4n) is 0.995. The average Bonchev–Trinajstić information content (AvgIpc) is 2.62. The van der Waals surface area contributed by atoms with Gasteiger partial charge in [0, 0.05) is 11.4 Å². The molecule has 0 fully saturated rings. The molecule has 1 aromatic heterocycles. The highest BCUT2D eigenvalue weighted by Gasteiger charge is 2.11. The number of carbonyl (C=O) groups excluding carboxylic acids is 2. The number of ether oxygens (including phenoxy) is 1. The summed E-state index contributed by atoms with van der Waals surface area (Å²) in [6.07, 6.45) is 0. The molecule has 1 rings (SSSR count). The summed E-state index contributed by atoms with van der Waals surface area (Å²) >= 11 is 1.35. The first-order chi connectivity index (χ1) is 7.13. The zero-order chi connectivity index (χ0) is 11.3. The predicted molar refractivity (Wildman–Crippen MR) is 58.0 cm³/mol. The number of thiophene rings is 1. The molecule has 4 nitrogen and oxygen atoms in total. The van der Waals surface area contributed by atoms with Gasteiger partial charge in [0.1, 0.15) is 4.88 Å². The summed E-state index contributed by atoms with van der Waals surface area (Å²) in [6, 6.07) is 3.54. The highest BCUT2D eigenvalue weighted by Crippen LogP contribution is 2.15. The van der Waals surface area contributed by atoms with Gasteiger partial charge in [0.25, 0.3) is 5.91 Å². The minimum atomic E-state index is -0.445. The number of carbonyl (C=O) groups is 2. The lowest BCUT2D eigenvalue weighted by atomic mass is 10.4. The van der Waals surface area contributed by atoms with Crippen molar-refractivity contribution in [3.8, 4) is 0 Å². The maximum absolute atomic E-state index is 11.4. The van der Waals surface area contributed by atoms with Crippen molar-refractivity contribution >= 4 is 23.2 Å². The Morgan fingerprint density at radius 3 is 2.73 bits per heavy atom. The van der Waals surface area contributed by atoms with E-state index in [2.05, 4.69) is 5.32 Å². The molecule has 15 heavy (non-hydrogen) atoms. The number of amides is 1. The molecule has 1 heterocycles. The molecule has 0 saturated carbocycles. The lowest BCUT2D eigenvalue weighted by Crippen LogP contribution is -2.28. The van der Waals surface area contributed by atoms with E-state index in [1.165, 1.54) is 11.3 Å². The summed E-state index contributed by atoms with van der Waals surface area (Å²) in [6.45, 7) is 4.03. The van der Waals surface area contributed by atoms with Crippen LogP contribution in [-0.4, -0.2) is 25.0 Å². The summed E-state index contributed by atoms with van der Waals surface area (Å²) in [7, 11) is 0. The minimum Gasteiger partial charge on any atom is -0.451 e. The van der Waals surface area contributed by atoms with Gasteiger partial charge in [-0.3, -0.25) is 4.79 Å². The van der Waals surface area contributed by atoms with E-state index in [9.17, 15) is 9.59 Å². The van der Waals surface area contributed by atoms with Crippen LogP contribution in [0.1, 0.15) is 21.5 Å². The SMILES string of the molecule is CCNC(=O)COC(=O)c1ccc(C)s1. The van der Waals surface area contributed by atoms with Gasteiger partial charge in [-0.2, -0.15) is 0 Å². The maximum Gasteiger partial charge on any atom is 0.348 e. The van der Waals surface area contributed by atoms with Crippen molar-refractivity contribution in [2.24, 2.45) is 0 Å². The molecule has 5 heteroatoms. The molecule has 0 spiro atoms. The summed E-state index contributed by atoms with van der Waals surface area (Å²) < 4.78 is 4.82. The molecule has 0 aliphatic carbocycles. The Morgan fingerprint density at radius 2 is 2.20 bits per heavy atom. The third-order valence-electron chi connectivity index (χ3n) is 1.65. The molecule has 1 aromatic rings. The number of rotatable bonds is 4. The molecule has 0 radical (unpaired) electrons.